The molecular weight excluding hydrogens is 394 g/mol. The van der Waals surface area contributed by atoms with Crippen molar-refractivity contribution in [3.8, 4) is 22.3 Å². The molecule has 3 heterocycles. The lowest BCUT2D eigenvalue weighted by Gasteiger charge is -2.30. The number of carboxylic acid groups (broad SMARTS) is 1. The minimum absolute atomic E-state index is 0.0957. The number of hydrogen-bond acceptors (Lipinski definition) is 4. The number of aromatic carboxylic acids is 1. The number of carboxylic acids is 1. The maximum Gasteiger partial charge on any atom is 0.336 e. The fraction of sp³-hybridized carbons (Fsp3) is 0.250. The van der Waals surface area contributed by atoms with Gasteiger partial charge in [0.05, 0.1) is 17.2 Å². The first kappa shape index (κ1) is 20.3. The zero-order valence-electron chi connectivity index (χ0n) is 17.5. The van der Waals surface area contributed by atoms with Gasteiger partial charge in [0.25, 0.3) is 0 Å². The number of fused-ring (bicyclic) bond motifs is 1. The summed E-state index contributed by atoms with van der Waals surface area (Å²) in [5.74, 6) is -0.584. The van der Waals surface area contributed by atoms with Crippen molar-refractivity contribution in [1.29, 1.82) is 0 Å². The summed E-state index contributed by atoms with van der Waals surface area (Å²) in [5.41, 5.74) is 5.17. The molecule has 0 radical (unpaired) electrons. The molecule has 4 aromatic rings. The molecule has 4 rings (SSSR count). The van der Waals surface area contributed by atoms with Gasteiger partial charge in [0.2, 0.25) is 0 Å². The van der Waals surface area contributed by atoms with E-state index < -0.39 is 5.97 Å². The standard InChI is InChI=1S/C24H25N3O2S/c1-15(2)23(26(3)4)27-13-20(22-19(24(28)29)6-5-7-21(22)27)18-10-17(11-25-12-18)16-8-9-30-14-16/h5-15,23H,1-4H3,(H,28,29). The van der Waals surface area contributed by atoms with Gasteiger partial charge in [0.15, 0.2) is 0 Å². The van der Waals surface area contributed by atoms with E-state index in [4.69, 9.17) is 0 Å². The van der Waals surface area contributed by atoms with Gasteiger partial charge in [-0.3, -0.25) is 9.88 Å². The van der Waals surface area contributed by atoms with Gasteiger partial charge in [-0.2, -0.15) is 11.3 Å². The van der Waals surface area contributed by atoms with E-state index >= 15 is 0 Å². The predicted octanol–water partition coefficient (Wildman–Crippen LogP) is 5.85. The van der Waals surface area contributed by atoms with Gasteiger partial charge in [0.1, 0.15) is 0 Å². The molecule has 0 aliphatic heterocycles. The highest BCUT2D eigenvalue weighted by molar-refractivity contribution is 7.08. The number of aromatic nitrogens is 2. The number of hydrogen-bond donors (Lipinski definition) is 1. The van der Waals surface area contributed by atoms with Crippen molar-refractivity contribution in [2.45, 2.75) is 20.0 Å². The van der Waals surface area contributed by atoms with Crippen LogP contribution in [0.3, 0.4) is 0 Å². The molecule has 3 aromatic heterocycles. The average molecular weight is 420 g/mol. The highest BCUT2D eigenvalue weighted by Crippen LogP contribution is 2.38. The average Bonchev–Trinajstić information content (AvgIpc) is 3.36. The minimum Gasteiger partial charge on any atom is -0.478 e. The van der Waals surface area contributed by atoms with Crippen LogP contribution in [0.2, 0.25) is 0 Å². The lowest BCUT2D eigenvalue weighted by molar-refractivity contribution is 0.0699. The second-order valence-electron chi connectivity index (χ2n) is 8.05. The van der Waals surface area contributed by atoms with E-state index in [1.807, 2.05) is 29.9 Å². The van der Waals surface area contributed by atoms with Gasteiger partial charge in [-0.25, -0.2) is 4.79 Å². The highest BCUT2D eigenvalue weighted by Gasteiger charge is 2.24. The Morgan fingerprint density at radius 3 is 2.53 bits per heavy atom. The van der Waals surface area contributed by atoms with Gasteiger partial charge in [-0.1, -0.05) is 19.9 Å². The van der Waals surface area contributed by atoms with Crippen LogP contribution in [0.4, 0.5) is 0 Å². The lowest BCUT2D eigenvalue weighted by atomic mass is 10.00. The summed E-state index contributed by atoms with van der Waals surface area (Å²) in [4.78, 5) is 18.7. The van der Waals surface area contributed by atoms with Crippen molar-refractivity contribution in [2.24, 2.45) is 5.92 Å². The molecule has 0 fully saturated rings. The minimum atomic E-state index is -0.924. The fourth-order valence-electron chi connectivity index (χ4n) is 4.27. The molecule has 154 valence electrons. The third-order valence-electron chi connectivity index (χ3n) is 5.40. The molecule has 1 unspecified atom stereocenters. The van der Waals surface area contributed by atoms with E-state index in [9.17, 15) is 9.90 Å². The largest absolute Gasteiger partial charge is 0.478 e. The van der Waals surface area contributed by atoms with Crippen LogP contribution in [0.25, 0.3) is 33.2 Å². The summed E-state index contributed by atoms with van der Waals surface area (Å²) in [6.45, 7) is 4.35. The van der Waals surface area contributed by atoms with Crippen LogP contribution in [-0.4, -0.2) is 39.6 Å². The van der Waals surface area contributed by atoms with E-state index in [-0.39, 0.29) is 6.17 Å². The maximum absolute atomic E-state index is 12.1. The normalized spacial score (nSPS) is 12.7. The summed E-state index contributed by atoms with van der Waals surface area (Å²) in [6.07, 6.45) is 5.84. The maximum atomic E-state index is 12.1. The van der Waals surface area contributed by atoms with E-state index in [1.165, 1.54) is 0 Å². The molecule has 6 heteroatoms. The molecule has 0 aliphatic carbocycles. The van der Waals surface area contributed by atoms with Crippen molar-refractivity contribution < 1.29 is 9.90 Å². The summed E-state index contributed by atoms with van der Waals surface area (Å²) in [7, 11) is 4.10. The van der Waals surface area contributed by atoms with Crippen molar-refractivity contribution in [3.63, 3.8) is 0 Å². The molecular formula is C24H25N3O2S. The van der Waals surface area contributed by atoms with E-state index in [0.717, 1.165) is 33.2 Å². The Morgan fingerprint density at radius 2 is 1.90 bits per heavy atom. The Morgan fingerprint density at radius 1 is 1.13 bits per heavy atom. The number of rotatable bonds is 6. The first-order valence-corrected chi connectivity index (χ1v) is 10.8. The summed E-state index contributed by atoms with van der Waals surface area (Å²) < 4.78 is 2.19. The third-order valence-corrected chi connectivity index (χ3v) is 6.09. The monoisotopic (exact) mass is 419 g/mol. The zero-order valence-corrected chi connectivity index (χ0v) is 18.4. The van der Waals surface area contributed by atoms with E-state index in [2.05, 4.69) is 66.1 Å². The van der Waals surface area contributed by atoms with Crippen molar-refractivity contribution in [1.82, 2.24) is 14.5 Å². The van der Waals surface area contributed by atoms with Crippen LogP contribution >= 0.6 is 11.3 Å². The number of benzene rings is 1. The summed E-state index contributed by atoms with van der Waals surface area (Å²) in [6, 6.07) is 9.65. The van der Waals surface area contributed by atoms with Gasteiger partial charge in [-0.05, 0) is 60.6 Å². The third kappa shape index (κ3) is 3.53. The Balaban J connectivity index is 2.01. The van der Waals surface area contributed by atoms with Crippen LogP contribution in [0.15, 0.2) is 59.7 Å². The molecule has 1 N–H and O–H groups in total. The Hall–Kier alpha value is -2.96. The Kier molecular flexibility index (Phi) is 5.45. The van der Waals surface area contributed by atoms with Gasteiger partial charge >= 0.3 is 5.97 Å². The second kappa shape index (κ2) is 8.05. The SMILES string of the molecule is CC(C)C(N(C)C)n1cc(-c2cncc(-c3ccsc3)c2)c2c(C(=O)O)cccc21. The summed E-state index contributed by atoms with van der Waals surface area (Å²) in [5, 5.41) is 14.8. The van der Waals surface area contributed by atoms with Crippen LogP contribution in [0.1, 0.15) is 30.4 Å². The van der Waals surface area contributed by atoms with Crippen molar-refractivity contribution >= 4 is 28.2 Å². The molecule has 0 spiro atoms. The topological polar surface area (TPSA) is 58.4 Å². The molecule has 0 bridgehead atoms. The number of nitrogens with zero attached hydrogens (tertiary/aromatic N) is 3. The smallest absolute Gasteiger partial charge is 0.336 e. The molecule has 0 amide bonds. The van der Waals surface area contributed by atoms with Crippen LogP contribution in [0.5, 0.6) is 0 Å². The van der Waals surface area contributed by atoms with Gasteiger partial charge < -0.3 is 9.67 Å². The Bertz CT molecular complexity index is 1180. The summed E-state index contributed by atoms with van der Waals surface area (Å²) >= 11 is 1.64. The van der Waals surface area contributed by atoms with Gasteiger partial charge in [-0.15, -0.1) is 0 Å². The molecule has 5 nitrogen and oxygen atoms in total. The lowest BCUT2D eigenvalue weighted by Crippen LogP contribution is -2.29. The second-order valence-corrected chi connectivity index (χ2v) is 8.83. The first-order chi connectivity index (χ1) is 14.4. The molecule has 0 aliphatic rings. The number of carbonyl (C=O) groups is 1. The molecule has 1 atom stereocenters. The first-order valence-electron chi connectivity index (χ1n) is 9.89. The van der Waals surface area contributed by atoms with Crippen LogP contribution in [0, 0.1) is 5.92 Å². The zero-order chi connectivity index (χ0) is 21.4. The highest BCUT2D eigenvalue weighted by atomic mass is 32.1. The van der Waals surface area contributed by atoms with Gasteiger partial charge in [0, 0.05) is 40.7 Å². The molecule has 30 heavy (non-hydrogen) atoms. The fourth-order valence-corrected chi connectivity index (χ4v) is 4.93. The number of thiophene rings is 1. The Labute approximate surface area is 180 Å². The van der Waals surface area contributed by atoms with Crippen molar-refractivity contribution in [3.05, 3.63) is 65.2 Å². The quantitative estimate of drug-likeness (QED) is 0.426. The predicted molar refractivity (Wildman–Crippen MR) is 123 cm³/mol. The molecule has 1 aromatic carbocycles. The molecule has 0 saturated carbocycles. The van der Waals surface area contributed by atoms with E-state index in [1.54, 1.807) is 17.4 Å². The van der Waals surface area contributed by atoms with Crippen LogP contribution < -0.4 is 0 Å². The van der Waals surface area contributed by atoms with Crippen LogP contribution in [-0.2, 0) is 0 Å². The molecule has 0 saturated heterocycles. The number of pyridine rings is 1. The van der Waals surface area contributed by atoms with Crippen molar-refractivity contribution in [2.75, 3.05) is 14.1 Å². The van der Waals surface area contributed by atoms with E-state index in [0.29, 0.717) is 11.5 Å².